The van der Waals surface area contributed by atoms with Crippen molar-refractivity contribution in [3.63, 3.8) is 0 Å². The van der Waals surface area contributed by atoms with Crippen LogP contribution in [-0.4, -0.2) is 37.0 Å². The number of piperidine rings is 1. The first kappa shape index (κ1) is 20.3. The third kappa shape index (κ3) is 4.91. The largest absolute Gasteiger partial charge is 0.354 e. The Hall–Kier alpha value is -1.40. The van der Waals surface area contributed by atoms with Crippen molar-refractivity contribution in [1.82, 2.24) is 15.5 Å². The predicted molar refractivity (Wildman–Crippen MR) is 113 cm³/mol. The van der Waals surface area contributed by atoms with E-state index in [9.17, 15) is 4.79 Å². The van der Waals surface area contributed by atoms with Crippen LogP contribution in [0.25, 0.3) is 0 Å². The van der Waals surface area contributed by atoms with Crippen molar-refractivity contribution in [1.29, 1.82) is 0 Å². The SMILES string of the molecule is Cl.O=C(NCC(c1ccccc1)N1CCc2sccc2C1)C1CCNCC1. The third-order valence-electron chi connectivity index (χ3n) is 5.64. The number of carbonyl (C=O) groups excluding carboxylic acids is 1. The molecule has 1 fully saturated rings. The lowest BCUT2D eigenvalue weighted by Crippen LogP contribution is -2.43. The van der Waals surface area contributed by atoms with Crippen LogP contribution in [0.5, 0.6) is 0 Å². The van der Waals surface area contributed by atoms with E-state index in [4.69, 9.17) is 0 Å². The van der Waals surface area contributed by atoms with Crippen LogP contribution in [0.2, 0.25) is 0 Å². The quantitative estimate of drug-likeness (QED) is 0.801. The van der Waals surface area contributed by atoms with Crippen LogP contribution in [0.15, 0.2) is 41.8 Å². The van der Waals surface area contributed by atoms with Crippen LogP contribution in [0.1, 0.15) is 34.9 Å². The molecule has 0 spiro atoms. The number of hydrogen-bond donors (Lipinski definition) is 2. The van der Waals surface area contributed by atoms with Crippen molar-refractivity contribution in [2.45, 2.75) is 31.8 Å². The van der Waals surface area contributed by atoms with E-state index in [-0.39, 0.29) is 30.3 Å². The molecule has 1 atom stereocenters. The Bertz CT molecular complexity index is 730. The molecule has 2 N–H and O–H groups in total. The minimum atomic E-state index is 0. The fraction of sp³-hybridized carbons (Fsp3) is 0.476. The van der Waals surface area contributed by atoms with Gasteiger partial charge in [-0.1, -0.05) is 30.3 Å². The number of halogens is 1. The fourth-order valence-corrected chi connectivity index (χ4v) is 4.98. The summed E-state index contributed by atoms with van der Waals surface area (Å²) in [6, 6.07) is 13.1. The highest BCUT2D eigenvalue weighted by atomic mass is 35.5. The van der Waals surface area contributed by atoms with Crippen molar-refractivity contribution in [2.75, 3.05) is 26.2 Å². The van der Waals surface area contributed by atoms with Crippen molar-refractivity contribution >= 4 is 29.7 Å². The Morgan fingerprint density at radius 1 is 1.22 bits per heavy atom. The van der Waals surface area contributed by atoms with Gasteiger partial charge in [0.25, 0.3) is 0 Å². The van der Waals surface area contributed by atoms with Gasteiger partial charge in [-0.2, -0.15) is 0 Å². The molecule has 1 aromatic heterocycles. The van der Waals surface area contributed by atoms with E-state index in [1.165, 1.54) is 16.0 Å². The Balaban J connectivity index is 0.00000210. The Morgan fingerprint density at radius 3 is 2.78 bits per heavy atom. The third-order valence-corrected chi connectivity index (χ3v) is 6.66. The molecule has 6 heteroatoms. The van der Waals surface area contributed by atoms with Crippen LogP contribution in [0.3, 0.4) is 0 Å². The Labute approximate surface area is 171 Å². The van der Waals surface area contributed by atoms with Crippen molar-refractivity contribution in [3.05, 3.63) is 57.8 Å². The van der Waals surface area contributed by atoms with Crippen LogP contribution in [0, 0.1) is 5.92 Å². The van der Waals surface area contributed by atoms with Gasteiger partial charge < -0.3 is 10.6 Å². The van der Waals surface area contributed by atoms with E-state index in [2.05, 4.69) is 57.3 Å². The molecule has 146 valence electrons. The maximum Gasteiger partial charge on any atom is 0.223 e. The number of amides is 1. The first-order chi connectivity index (χ1) is 12.8. The number of fused-ring (bicyclic) bond motifs is 1. The summed E-state index contributed by atoms with van der Waals surface area (Å²) in [5, 5.41) is 8.79. The first-order valence-corrected chi connectivity index (χ1v) is 10.5. The fourth-order valence-electron chi connectivity index (χ4n) is 4.09. The summed E-state index contributed by atoms with van der Waals surface area (Å²) in [5.74, 6) is 0.387. The lowest BCUT2D eigenvalue weighted by Gasteiger charge is -2.35. The van der Waals surface area contributed by atoms with Crippen molar-refractivity contribution in [2.24, 2.45) is 5.92 Å². The molecule has 1 unspecified atom stereocenters. The van der Waals surface area contributed by atoms with E-state index in [0.717, 1.165) is 45.4 Å². The van der Waals surface area contributed by atoms with Gasteiger partial charge in [-0.05, 0) is 54.9 Å². The lowest BCUT2D eigenvalue weighted by molar-refractivity contribution is -0.126. The van der Waals surface area contributed by atoms with Crippen LogP contribution in [0.4, 0.5) is 0 Å². The van der Waals surface area contributed by atoms with E-state index in [1.807, 2.05) is 11.3 Å². The summed E-state index contributed by atoms with van der Waals surface area (Å²) in [6.07, 6.45) is 3.01. The number of benzene rings is 1. The number of carbonyl (C=O) groups is 1. The number of rotatable bonds is 5. The summed E-state index contributed by atoms with van der Waals surface area (Å²) in [6.45, 7) is 4.62. The molecule has 0 saturated carbocycles. The molecule has 0 bridgehead atoms. The van der Waals surface area contributed by atoms with E-state index >= 15 is 0 Å². The van der Waals surface area contributed by atoms with Gasteiger partial charge in [-0.15, -0.1) is 23.7 Å². The second-order valence-electron chi connectivity index (χ2n) is 7.29. The summed E-state index contributed by atoms with van der Waals surface area (Å²) >= 11 is 1.87. The highest BCUT2D eigenvalue weighted by Gasteiger charge is 2.27. The molecule has 1 amide bonds. The zero-order chi connectivity index (χ0) is 17.8. The molecule has 2 aliphatic rings. The summed E-state index contributed by atoms with van der Waals surface area (Å²) in [7, 11) is 0. The van der Waals surface area contributed by atoms with Crippen molar-refractivity contribution in [3.8, 4) is 0 Å². The van der Waals surface area contributed by atoms with Gasteiger partial charge in [0, 0.05) is 30.4 Å². The van der Waals surface area contributed by atoms with Crippen LogP contribution >= 0.6 is 23.7 Å². The zero-order valence-corrected chi connectivity index (χ0v) is 17.2. The van der Waals surface area contributed by atoms with E-state index < -0.39 is 0 Å². The highest BCUT2D eigenvalue weighted by molar-refractivity contribution is 7.10. The maximum atomic E-state index is 12.6. The molecule has 4 rings (SSSR count). The molecule has 1 saturated heterocycles. The molecule has 27 heavy (non-hydrogen) atoms. The highest BCUT2D eigenvalue weighted by Crippen LogP contribution is 2.30. The molecule has 4 nitrogen and oxygen atoms in total. The second kappa shape index (κ2) is 9.69. The molecule has 1 aromatic carbocycles. The van der Waals surface area contributed by atoms with Gasteiger partial charge in [-0.25, -0.2) is 0 Å². The van der Waals surface area contributed by atoms with Crippen molar-refractivity contribution < 1.29 is 4.79 Å². The summed E-state index contributed by atoms with van der Waals surface area (Å²) in [5.41, 5.74) is 2.74. The lowest BCUT2D eigenvalue weighted by atomic mass is 9.96. The Morgan fingerprint density at radius 2 is 2.00 bits per heavy atom. The zero-order valence-electron chi connectivity index (χ0n) is 15.5. The average molecular weight is 406 g/mol. The standard InChI is InChI=1S/C21H27N3OS.ClH/c25-21(17-6-10-22-11-7-17)23-14-19(16-4-2-1-3-5-16)24-12-8-20-18(15-24)9-13-26-20;/h1-5,9,13,17,19,22H,6-8,10-12,14-15H2,(H,23,25);1H. The minimum Gasteiger partial charge on any atom is -0.354 e. The minimum absolute atomic E-state index is 0. The van der Waals surface area contributed by atoms with Crippen LogP contribution < -0.4 is 10.6 Å². The molecule has 3 heterocycles. The Kier molecular flexibility index (Phi) is 7.30. The number of nitrogens with zero attached hydrogens (tertiary/aromatic N) is 1. The van der Waals surface area contributed by atoms with E-state index in [0.29, 0.717) is 6.54 Å². The van der Waals surface area contributed by atoms with E-state index in [1.54, 1.807) is 0 Å². The number of nitrogens with one attached hydrogen (secondary N) is 2. The molecule has 0 aliphatic carbocycles. The van der Waals surface area contributed by atoms with Gasteiger partial charge in [0.2, 0.25) is 5.91 Å². The molecular weight excluding hydrogens is 378 g/mol. The second-order valence-corrected chi connectivity index (χ2v) is 8.29. The number of thiophene rings is 1. The molecule has 2 aromatic rings. The summed E-state index contributed by atoms with van der Waals surface area (Å²) in [4.78, 5) is 16.7. The van der Waals surface area contributed by atoms with Gasteiger partial charge in [0.05, 0.1) is 6.04 Å². The molecule has 0 radical (unpaired) electrons. The monoisotopic (exact) mass is 405 g/mol. The maximum absolute atomic E-state index is 12.6. The molecule has 2 aliphatic heterocycles. The van der Waals surface area contributed by atoms with Gasteiger partial charge in [-0.3, -0.25) is 9.69 Å². The first-order valence-electron chi connectivity index (χ1n) is 9.64. The van der Waals surface area contributed by atoms with Crippen LogP contribution in [-0.2, 0) is 17.8 Å². The smallest absolute Gasteiger partial charge is 0.223 e. The average Bonchev–Trinajstić information content (AvgIpc) is 3.17. The molecular formula is C21H28ClN3OS. The normalized spacial score (nSPS) is 19.0. The predicted octanol–water partition coefficient (Wildman–Crippen LogP) is 3.39. The van der Waals surface area contributed by atoms with Gasteiger partial charge in [0.15, 0.2) is 0 Å². The van der Waals surface area contributed by atoms with Gasteiger partial charge in [0.1, 0.15) is 0 Å². The van der Waals surface area contributed by atoms with Gasteiger partial charge >= 0.3 is 0 Å². The number of hydrogen-bond acceptors (Lipinski definition) is 4. The topological polar surface area (TPSA) is 44.4 Å². The summed E-state index contributed by atoms with van der Waals surface area (Å²) < 4.78 is 0.